The molecule has 0 rings (SSSR count). The molecule has 0 spiro atoms. The fourth-order valence-corrected chi connectivity index (χ4v) is 0.798. The topological polar surface area (TPSA) is 41.1 Å². The van der Waals surface area contributed by atoms with Crippen LogP contribution in [0.15, 0.2) is 0 Å². The normalized spacial score (nSPS) is 10.5. The van der Waals surface area contributed by atoms with Crippen LogP contribution in [0.2, 0.25) is 0 Å². The smallest absolute Gasteiger partial charge is 0.207 e. The highest BCUT2D eigenvalue weighted by Crippen LogP contribution is 2.01. The van der Waals surface area contributed by atoms with Crippen molar-refractivity contribution in [3.05, 3.63) is 0 Å². The van der Waals surface area contributed by atoms with Gasteiger partial charge < -0.3 is 10.6 Å². The number of hydrogen-bond donors (Lipinski definition) is 2. The van der Waals surface area contributed by atoms with Crippen molar-refractivity contribution >= 4 is 23.6 Å². The summed E-state index contributed by atoms with van der Waals surface area (Å²) in [5.41, 5.74) is -0.437. The number of carbonyl (C=O) groups excluding carboxylic acids is 1. The summed E-state index contributed by atoms with van der Waals surface area (Å²) in [6, 6.07) is 0. The molecule has 0 aromatic heterocycles. The molecule has 0 aliphatic carbocycles. The van der Waals surface area contributed by atoms with Crippen molar-refractivity contribution in [2.45, 2.75) is 26.3 Å². The molecular formula is C7H14N2OS. The second-order valence-electron chi connectivity index (χ2n) is 2.75. The van der Waals surface area contributed by atoms with E-state index in [1.807, 2.05) is 20.8 Å². The zero-order chi connectivity index (χ0) is 8.91. The van der Waals surface area contributed by atoms with Crippen molar-refractivity contribution in [1.29, 1.82) is 0 Å². The maximum absolute atomic E-state index is 10.1. The van der Waals surface area contributed by atoms with E-state index < -0.39 is 5.54 Å². The van der Waals surface area contributed by atoms with Gasteiger partial charge in [0, 0.05) is 6.54 Å². The van der Waals surface area contributed by atoms with Gasteiger partial charge in [0.1, 0.15) is 4.99 Å². The molecule has 0 radical (unpaired) electrons. The average molecular weight is 174 g/mol. The van der Waals surface area contributed by atoms with E-state index in [0.29, 0.717) is 11.4 Å². The van der Waals surface area contributed by atoms with Gasteiger partial charge in [0.15, 0.2) is 0 Å². The van der Waals surface area contributed by atoms with Crippen LogP contribution in [-0.2, 0) is 4.79 Å². The highest BCUT2D eigenvalue weighted by molar-refractivity contribution is 7.80. The summed E-state index contributed by atoms with van der Waals surface area (Å²) in [5, 5.41) is 5.60. The van der Waals surface area contributed by atoms with Gasteiger partial charge in [0.25, 0.3) is 0 Å². The molecular weight excluding hydrogens is 160 g/mol. The molecule has 3 nitrogen and oxygen atoms in total. The minimum absolute atomic E-state index is 0.437. The van der Waals surface area contributed by atoms with Crippen molar-refractivity contribution < 1.29 is 4.79 Å². The van der Waals surface area contributed by atoms with Gasteiger partial charge in [0.2, 0.25) is 6.41 Å². The highest BCUT2D eigenvalue weighted by atomic mass is 32.1. The first-order valence-corrected chi connectivity index (χ1v) is 3.95. The van der Waals surface area contributed by atoms with E-state index in [4.69, 9.17) is 12.2 Å². The van der Waals surface area contributed by atoms with Crippen LogP contribution in [0.1, 0.15) is 20.8 Å². The molecule has 4 heteroatoms. The summed E-state index contributed by atoms with van der Waals surface area (Å²) in [5.74, 6) is 0. The third kappa shape index (κ3) is 3.32. The Morgan fingerprint density at radius 2 is 2.18 bits per heavy atom. The van der Waals surface area contributed by atoms with Crippen molar-refractivity contribution in [3.8, 4) is 0 Å². The van der Waals surface area contributed by atoms with Crippen molar-refractivity contribution in [1.82, 2.24) is 10.6 Å². The van der Waals surface area contributed by atoms with Crippen LogP contribution in [0.3, 0.4) is 0 Å². The Labute approximate surface area is 72.5 Å². The summed E-state index contributed by atoms with van der Waals surface area (Å²) in [4.78, 5) is 10.8. The maximum Gasteiger partial charge on any atom is 0.207 e. The lowest BCUT2D eigenvalue weighted by Gasteiger charge is -2.25. The zero-order valence-electron chi connectivity index (χ0n) is 7.10. The second-order valence-corrected chi connectivity index (χ2v) is 3.15. The van der Waals surface area contributed by atoms with Crippen LogP contribution in [-0.4, -0.2) is 23.5 Å². The van der Waals surface area contributed by atoms with E-state index in [1.54, 1.807) is 0 Å². The predicted octanol–water partition coefficient (Wildman–Crippen LogP) is 0.448. The first-order chi connectivity index (χ1) is 5.04. The number of rotatable bonds is 4. The van der Waals surface area contributed by atoms with Gasteiger partial charge in [0.05, 0.1) is 5.54 Å². The summed E-state index contributed by atoms with van der Waals surface area (Å²) < 4.78 is 0. The van der Waals surface area contributed by atoms with Crippen LogP contribution in [0.5, 0.6) is 0 Å². The van der Waals surface area contributed by atoms with Crippen molar-refractivity contribution in [2.75, 3.05) is 6.54 Å². The van der Waals surface area contributed by atoms with Crippen molar-refractivity contribution in [3.63, 3.8) is 0 Å². The summed E-state index contributed by atoms with van der Waals surface area (Å²) in [7, 11) is 0. The molecule has 64 valence electrons. The van der Waals surface area contributed by atoms with E-state index in [2.05, 4.69) is 10.6 Å². The van der Waals surface area contributed by atoms with E-state index in [-0.39, 0.29) is 0 Å². The molecule has 0 aliphatic rings. The van der Waals surface area contributed by atoms with Gasteiger partial charge in [-0.25, -0.2) is 0 Å². The highest BCUT2D eigenvalue weighted by Gasteiger charge is 2.21. The molecule has 0 saturated carbocycles. The molecule has 0 fully saturated rings. The number of nitrogens with one attached hydrogen (secondary N) is 2. The van der Waals surface area contributed by atoms with Crippen LogP contribution in [0, 0.1) is 0 Å². The van der Waals surface area contributed by atoms with E-state index in [9.17, 15) is 4.79 Å². The average Bonchev–Trinajstić information content (AvgIpc) is 1.88. The number of amides is 1. The Hall–Kier alpha value is -0.640. The predicted molar refractivity (Wildman–Crippen MR) is 49.6 cm³/mol. The molecule has 0 aliphatic heterocycles. The lowest BCUT2D eigenvalue weighted by atomic mass is 10.1. The Balaban J connectivity index is 4.05. The Morgan fingerprint density at radius 1 is 1.64 bits per heavy atom. The third-order valence-electron chi connectivity index (χ3n) is 1.32. The van der Waals surface area contributed by atoms with Gasteiger partial charge in [-0.2, -0.15) is 0 Å². The lowest BCUT2D eigenvalue weighted by molar-refractivity contribution is -0.110. The molecule has 1 amide bonds. The number of likely N-dealkylation sites (N-methyl/N-ethyl adjacent to an activating group) is 1. The van der Waals surface area contributed by atoms with E-state index in [1.165, 1.54) is 0 Å². The van der Waals surface area contributed by atoms with Gasteiger partial charge in [-0.05, 0) is 20.8 Å². The number of hydrogen-bond acceptors (Lipinski definition) is 2. The van der Waals surface area contributed by atoms with Crippen LogP contribution < -0.4 is 10.6 Å². The minimum Gasteiger partial charge on any atom is -0.378 e. The monoisotopic (exact) mass is 174 g/mol. The van der Waals surface area contributed by atoms with Crippen LogP contribution >= 0.6 is 12.2 Å². The molecule has 0 aromatic rings. The molecule has 11 heavy (non-hydrogen) atoms. The second kappa shape index (κ2) is 4.28. The standard InChI is InChI=1S/C7H14N2OS/c1-4-8-6(11)7(2,3)9-5-10/h5H,4H2,1-3H3,(H,8,11)(H,9,10). The quantitative estimate of drug-likeness (QED) is 0.480. The molecule has 0 saturated heterocycles. The van der Waals surface area contributed by atoms with Crippen LogP contribution in [0.4, 0.5) is 0 Å². The van der Waals surface area contributed by atoms with Gasteiger partial charge in [-0.3, -0.25) is 4.79 Å². The van der Waals surface area contributed by atoms with Gasteiger partial charge >= 0.3 is 0 Å². The lowest BCUT2D eigenvalue weighted by Crippen LogP contribution is -2.50. The summed E-state index contributed by atoms with van der Waals surface area (Å²) >= 11 is 5.02. The van der Waals surface area contributed by atoms with E-state index in [0.717, 1.165) is 6.54 Å². The first kappa shape index (κ1) is 10.4. The van der Waals surface area contributed by atoms with E-state index >= 15 is 0 Å². The number of carbonyl (C=O) groups is 1. The van der Waals surface area contributed by atoms with Gasteiger partial charge in [-0.1, -0.05) is 12.2 Å². The Bertz CT molecular complexity index is 157. The fourth-order valence-electron chi connectivity index (χ4n) is 0.594. The molecule has 0 heterocycles. The molecule has 0 unspecified atom stereocenters. The minimum atomic E-state index is -0.437. The molecule has 2 N–H and O–H groups in total. The third-order valence-corrected chi connectivity index (χ3v) is 1.98. The first-order valence-electron chi connectivity index (χ1n) is 3.54. The summed E-state index contributed by atoms with van der Waals surface area (Å²) in [6.45, 7) is 6.45. The number of thiocarbonyl (C=S) groups is 1. The molecule has 0 aromatic carbocycles. The Kier molecular flexibility index (Phi) is 4.03. The van der Waals surface area contributed by atoms with Crippen molar-refractivity contribution in [2.24, 2.45) is 0 Å². The SMILES string of the molecule is CCNC(=S)C(C)(C)NC=O. The fraction of sp³-hybridized carbons (Fsp3) is 0.714. The maximum atomic E-state index is 10.1. The van der Waals surface area contributed by atoms with Crippen LogP contribution in [0.25, 0.3) is 0 Å². The largest absolute Gasteiger partial charge is 0.378 e. The molecule has 0 bridgehead atoms. The Morgan fingerprint density at radius 3 is 2.55 bits per heavy atom. The summed E-state index contributed by atoms with van der Waals surface area (Å²) in [6.07, 6.45) is 0.656. The van der Waals surface area contributed by atoms with Gasteiger partial charge in [-0.15, -0.1) is 0 Å². The zero-order valence-corrected chi connectivity index (χ0v) is 7.92. The molecule has 0 atom stereocenters.